The zero-order valence-electron chi connectivity index (χ0n) is 10.7. The van der Waals surface area contributed by atoms with Gasteiger partial charge in [0.25, 0.3) is 5.91 Å². The molecule has 3 N–H and O–H groups in total. The SMILES string of the molecule is CCOCCN(CC)C(=O)c1cnc(NN)cn1. The molecular weight excluding hydrogens is 234 g/mol. The Hall–Kier alpha value is -1.73. The van der Waals surface area contributed by atoms with Gasteiger partial charge in [-0.15, -0.1) is 0 Å². The number of amides is 1. The van der Waals surface area contributed by atoms with Crippen molar-refractivity contribution < 1.29 is 9.53 Å². The number of rotatable bonds is 7. The van der Waals surface area contributed by atoms with Crippen molar-refractivity contribution in [2.45, 2.75) is 13.8 Å². The quantitative estimate of drug-likeness (QED) is 0.411. The summed E-state index contributed by atoms with van der Waals surface area (Å²) in [5.74, 6) is 5.44. The fourth-order valence-corrected chi connectivity index (χ4v) is 1.40. The molecule has 0 saturated carbocycles. The van der Waals surface area contributed by atoms with E-state index in [2.05, 4.69) is 15.4 Å². The van der Waals surface area contributed by atoms with E-state index in [1.807, 2.05) is 13.8 Å². The summed E-state index contributed by atoms with van der Waals surface area (Å²) in [4.78, 5) is 21.7. The molecule has 0 saturated heterocycles. The van der Waals surface area contributed by atoms with E-state index in [0.717, 1.165) is 0 Å². The maximum Gasteiger partial charge on any atom is 0.274 e. The molecule has 1 aromatic heterocycles. The summed E-state index contributed by atoms with van der Waals surface area (Å²) in [5.41, 5.74) is 2.66. The van der Waals surface area contributed by atoms with Gasteiger partial charge in [0.2, 0.25) is 0 Å². The Kier molecular flexibility index (Phi) is 6.03. The van der Waals surface area contributed by atoms with E-state index in [1.54, 1.807) is 4.90 Å². The van der Waals surface area contributed by atoms with Crippen molar-refractivity contribution in [3.63, 3.8) is 0 Å². The standard InChI is InChI=1S/C11H19N5O2/c1-3-16(5-6-18-4-2)11(17)9-7-14-10(15-12)8-13-9/h7-8H,3-6,12H2,1-2H3,(H,14,15). The van der Waals surface area contributed by atoms with Crippen LogP contribution in [0.3, 0.4) is 0 Å². The largest absolute Gasteiger partial charge is 0.380 e. The number of nitrogens with zero attached hydrogens (tertiary/aromatic N) is 3. The third-order valence-electron chi connectivity index (χ3n) is 2.40. The average Bonchev–Trinajstić information content (AvgIpc) is 2.43. The molecule has 1 heterocycles. The van der Waals surface area contributed by atoms with Crippen LogP contribution < -0.4 is 11.3 Å². The molecule has 0 bridgehead atoms. The van der Waals surface area contributed by atoms with Crippen molar-refractivity contribution in [3.8, 4) is 0 Å². The Balaban J connectivity index is 2.64. The number of ether oxygens (including phenoxy) is 1. The topological polar surface area (TPSA) is 93.4 Å². The van der Waals surface area contributed by atoms with Crippen molar-refractivity contribution >= 4 is 11.7 Å². The van der Waals surface area contributed by atoms with E-state index in [0.29, 0.717) is 37.8 Å². The molecule has 0 fully saturated rings. The molecule has 0 aliphatic heterocycles. The Morgan fingerprint density at radius 3 is 2.72 bits per heavy atom. The van der Waals surface area contributed by atoms with Crippen molar-refractivity contribution in [3.05, 3.63) is 18.1 Å². The zero-order chi connectivity index (χ0) is 13.4. The predicted octanol–water partition coefficient (Wildman–Crippen LogP) is 0.261. The third-order valence-corrected chi connectivity index (χ3v) is 2.40. The number of nitrogens with one attached hydrogen (secondary N) is 1. The van der Waals surface area contributed by atoms with Crippen LogP contribution in [0.15, 0.2) is 12.4 Å². The summed E-state index contributed by atoms with van der Waals surface area (Å²) in [6, 6.07) is 0. The van der Waals surface area contributed by atoms with Gasteiger partial charge in [0.05, 0.1) is 19.0 Å². The molecule has 0 unspecified atom stereocenters. The van der Waals surface area contributed by atoms with Gasteiger partial charge in [0, 0.05) is 19.7 Å². The molecule has 0 spiro atoms. The first-order valence-electron chi connectivity index (χ1n) is 5.88. The highest BCUT2D eigenvalue weighted by Gasteiger charge is 2.15. The second kappa shape index (κ2) is 7.57. The van der Waals surface area contributed by atoms with Crippen LogP contribution in [0.5, 0.6) is 0 Å². The van der Waals surface area contributed by atoms with Gasteiger partial charge < -0.3 is 15.1 Å². The summed E-state index contributed by atoms with van der Waals surface area (Å²) in [5, 5.41) is 0. The van der Waals surface area contributed by atoms with Crippen LogP contribution in [0, 0.1) is 0 Å². The van der Waals surface area contributed by atoms with Crippen LogP contribution in [-0.2, 0) is 4.74 Å². The van der Waals surface area contributed by atoms with Gasteiger partial charge >= 0.3 is 0 Å². The van der Waals surface area contributed by atoms with Gasteiger partial charge in [-0.25, -0.2) is 15.8 Å². The molecule has 18 heavy (non-hydrogen) atoms. The third kappa shape index (κ3) is 3.94. The normalized spacial score (nSPS) is 10.2. The lowest BCUT2D eigenvalue weighted by Gasteiger charge is -2.20. The van der Waals surface area contributed by atoms with Crippen LogP contribution >= 0.6 is 0 Å². The molecule has 0 aliphatic carbocycles. The number of nitrogens with two attached hydrogens (primary N) is 1. The summed E-state index contributed by atoms with van der Waals surface area (Å²) in [6.45, 7) is 6.13. The fourth-order valence-electron chi connectivity index (χ4n) is 1.40. The molecule has 0 aromatic carbocycles. The first-order chi connectivity index (χ1) is 8.72. The molecule has 100 valence electrons. The fraction of sp³-hybridized carbons (Fsp3) is 0.545. The molecule has 0 atom stereocenters. The smallest absolute Gasteiger partial charge is 0.274 e. The van der Waals surface area contributed by atoms with Crippen LogP contribution in [0.2, 0.25) is 0 Å². The number of anilines is 1. The maximum atomic E-state index is 12.1. The van der Waals surface area contributed by atoms with Crippen molar-refractivity contribution in [2.75, 3.05) is 31.7 Å². The lowest BCUT2D eigenvalue weighted by atomic mass is 10.3. The minimum absolute atomic E-state index is 0.159. The van der Waals surface area contributed by atoms with E-state index in [9.17, 15) is 4.79 Å². The van der Waals surface area contributed by atoms with Crippen LogP contribution in [0.25, 0.3) is 0 Å². The highest BCUT2D eigenvalue weighted by molar-refractivity contribution is 5.92. The second-order valence-electron chi connectivity index (χ2n) is 3.51. The minimum atomic E-state index is -0.159. The molecule has 1 amide bonds. The monoisotopic (exact) mass is 253 g/mol. The Bertz CT molecular complexity index is 368. The number of hydrogen-bond donors (Lipinski definition) is 2. The zero-order valence-corrected chi connectivity index (χ0v) is 10.7. The van der Waals surface area contributed by atoms with E-state index < -0.39 is 0 Å². The number of carbonyl (C=O) groups is 1. The molecular formula is C11H19N5O2. The second-order valence-corrected chi connectivity index (χ2v) is 3.51. The van der Waals surface area contributed by atoms with E-state index in [4.69, 9.17) is 10.6 Å². The maximum absolute atomic E-state index is 12.1. The lowest BCUT2D eigenvalue weighted by Crippen LogP contribution is -2.34. The average molecular weight is 253 g/mol. The van der Waals surface area contributed by atoms with Gasteiger partial charge in [-0.2, -0.15) is 0 Å². The lowest BCUT2D eigenvalue weighted by molar-refractivity contribution is 0.0663. The van der Waals surface area contributed by atoms with E-state index in [1.165, 1.54) is 12.4 Å². The Morgan fingerprint density at radius 1 is 1.44 bits per heavy atom. The molecule has 7 heteroatoms. The van der Waals surface area contributed by atoms with Crippen LogP contribution in [-0.4, -0.2) is 47.1 Å². The highest BCUT2D eigenvalue weighted by atomic mass is 16.5. The van der Waals surface area contributed by atoms with Gasteiger partial charge in [0.15, 0.2) is 5.82 Å². The number of carbonyl (C=O) groups excluding carboxylic acids is 1. The summed E-state index contributed by atoms with van der Waals surface area (Å²) < 4.78 is 5.23. The van der Waals surface area contributed by atoms with Crippen molar-refractivity contribution in [1.29, 1.82) is 0 Å². The minimum Gasteiger partial charge on any atom is -0.380 e. The number of nitrogen functional groups attached to an aromatic ring is 1. The van der Waals surface area contributed by atoms with E-state index >= 15 is 0 Å². The van der Waals surface area contributed by atoms with Crippen LogP contribution in [0.1, 0.15) is 24.3 Å². The number of aromatic nitrogens is 2. The predicted molar refractivity (Wildman–Crippen MR) is 67.9 cm³/mol. The molecule has 7 nitrogen and oxygen atoms in total. The summed E-state index contributed by atoms with van der Waals surface area (Å²) >= 11 is 0. The van der Waals surface area contributed by atoms with Gasteiger partial charge in [-0.3, -0.25) is 4.79 Å². The van der Waals surface area contributed by atoms with Gasteiger partial charge in [-0.05, 0) is 13.8 Å². The van der Waals surface area contributed by atoms with Crippen LogP contribution in [0.4, 0.5) is 5.82 Å². The van der Waals surface area contributed by atoms with Gasteiger partial charge in [0.1, 0.15) is 5.69 Å². The highest BCUT2D eigenvalue weighted by Crippen LogP contribution is 2.03. The molecule has 1 rings (SSSR count). The number of hydrogen-bond acceptors (Lipinski definition) is 6. The summed E-state index contributed by atoms with van der Waals surface area (Å²) in [6.07, 6.45) is 2.82. The summed E-state index contributed by atoms with van der Waals surface area (Å²) in [7, 11) is 0. The number of likely N-dealkylation sites (N-methyl/N-ethyl adjacent to an activating group) is 1. The first kappa shape index (κ1) is 14.3. The van der Waals surface area contributed by atoms with E-state index in [-0.39, 0.29) is 5.91 Å². The first-order valence-corrected chi connectivity index (χ1v) is 5.88. The number of hydrazine groups is 1. The Morgan fingerprint density at radius 2 is 2.22 bits per heavy atom. The van der Waals surface area contributed by atoms with Crippen molar-refractivity contribution in [1.82, 2.24) is 14.9 Å². The Labute approximate surface area is 106 Å². The van der Waals surface area contributed by atoms with Gasteiger partial charge in [-0.1, -0.05) is 0 Å². The molecule has 1 aromatic rings. The molecule has 0 aliphatic rings. The van der Waals surface area contributed by atoms with Crippen molar-refractivity contribution in [2.24, 2.45) is 5.84 Å². The molecule has 0 radical (unpaired) electrons.